The van der Waals surface area contributed by atoms with Crippen LogP contribution < -0.4 is 10.1 Å². The van der Waals surface area contributed by atoms with Crippen LogP contribution in [0.15, 0.2) is 36.4 Å². The number of rotatable bonds is 7. The lowest BCUT2D eigenvalue weighted by molar-refractivity contribution is -0.124. The molecule has 0 heterocycles. The summed E-state index contributed by atoms with van der Waals surface area (Å²) in [5.41, 5.74) is 2.88. The molecule has 3 rings (SSSR count). The zero-order valence-corrected chi connectivity index (χ0v) is 16.9. The van der Waals surface area contributed by atoms with Gasteiger partial charge in [-0.05, 0) is 44.4 Å². The molecule has 1 saturated carbocycles. The number of aliphatic hydroxyl groups is 1. The van der Waals surface area contributed by atoms with E-state index in [2.05, 4.69) is 23.5 Å². The Morgan fingerprint density at radius 2 is 1.89 bits per heavy atom. The van der Waals surface area contributed by atoms with Crippen molar-refractivity contribution in [1.29, 1.82) is 0 Å². The summed E-state index contributed by atoms with van der Waals surface area (Å²) < 4.78 is 5.51. The van der Waals surface area contributed by atoms with Crippen molar-refractivity contribution in [1.82, 2.24) is 5.32 Å². The number of aryl methyl sites for hydroxylation is 2. The van der Waals surface area contributed by atoms with Crippen LogP contribution in [-0.2, 0) is 10.2 Å². The van der Waals surface area contributed by atoms with Crippen LogP contribution in [0, 0.1) is 13.8 Å². The van der Waals surface area contributed by atoms with E-state index in [1.165, 1.54) is 0 Å². The van der Waals surface area contributed by atoms with E-state index in [1.807, 2.05) is 13.8 Å². The van der Waals surface area contributed by atoms with Crippen LogP contribution in [0.2, 0.25) is 10.0 Å². The molecule has 1 atom stereocenters. The first kappa shape index (κ1) is 20.0. The number of hydrogen-bond donors (Lipinski definition) is 2. The Balaban J connectivity index is 1.55. The summed E-state index contributed by atoms with van der Waals surface area (Å²) in [6, 6.07) is 11.3. The van der Waals surface area contributed by atoms with E-state index in [1.54, 1.807) is 18.2 Å². The summed E-state index contributed by atoms with van der Waals surface area (Å²) in [7, 11) is 0. The molecule has 1 unspecified atom stereocenters. The van der Waals surface area contributed by atoms with Crippen LogP contribution in [0.3, 0.4) is 0 Å². The number of aliphatic hydroxyl groups excluding tert-OH is 1. The molecule has 2 aromatic rings. The monoisotopic (exact) mass is 407 g/mol. The Kier molecular flexibility index (Phi) is 5.99. The fourth-order valence-corrected chi connectivity index (χ4v) is 3.59. The van der Waals surface area contributed by atoms with E-state index >= 15 is 0 Å². The Morgan fingerprint density at radius 3 is 2.52 bits per heavy atom. The molecule has 2 N–H and O–H groups in total. The van der Waals surface area contributed by atoms with Gasteiger partial charge in [0.1, 0.15) is 23.5 Å². The lowest BCUT2D eigenvalue weighted by Gasteiger charge is -2.19. The van der Waals surface area contributed by atoms with Crippen molar-refractivity contribution in [2.75, 3.05) is 13.2 Å². The summed E-state index contributed by atoms with van der Waals surface area (Å²) in [4.78, 5) is 12.7. The predicted octanol–water partition coefficient (Wildman–Crippen LogP) is 4.20. The number of benzene rings is 2. The van der Waals surface area contributed by atoms with Gasteiger partial charge in [-0.2, -0.15) is 0 Å². The highest BCUT2D eigenvalue weighted by Crippen LogP contribution is 2.48. The Morgan fingerprint density at radius 1 is 1.22 bits per heavy atom. The molecule has 4 nitrogen and oxygen atoms in total. The Bertz CT molecular complexity index is 829. The topological polar surface area (TPSA) is 58.6 Å². The summed E-state index contributed by atoms with van der Waals surface area (Å²) in [5, 5.41) is 13.7. The van der Waals surface area contributed by atoms with Crippen LogP contribution >= 0.6 is 23.2 Å². The molecular formula is C21H23Cl2NO3. The second-order valence-electron chi connectivity index (χ2n) is 7.19. The molecular weight excluding hydrogens is 385 g/mol. The van der Waals surface area contributed by atoms with Gasteiger partial charge in [0.2, 0.25) is 5.91 Å². The maximum Gasteiger partial charge on any atom is 0.230 e. The average Bonchev–Trinajstić information content (AvgIpc) is 3.42. The molecule has 0 aliphatic heterocycles. The van der Waals surface area contributed by atoms with Crippen molar-refractivity contribution in [2.45, 2.75) is 38.2 Å². The maximum absolute atomic E-state index is 12.7. The van der Waals surface area contributed by atoms with Gasteiger partial charge in [0.25, 0.3) is 0 Å². The standard InChI is InChI=1S/C21H23Cl2NO3/c1-13-8-14(2)10-15(9-13)21(6-7-21)20(26)24-11-16(25)12-27-18-5-3-4-17(22)19(18)23/h3-5,8-10,16,25H,6-7,11-12H2,1-2H3,(H,24,26). The number of halogens is 2. The Labute approximate surface area is 169 Å². The van der Waals surface area contributed by atoms with E-state index < -0.39 is 11.5 Å². The molecule has 0 saturated heterocycles. The molecule has 0 radical (unpaired) electrons. The smallest absolute Gasteiger partial charge is 0.230 e. The van der Waals surface area contributed by atoms with Gasteiger partial charge in [0.15, 0.2) is 0 Å². The summed E-state index contributed by atoms with van der Waals surface area (Å²) in [6.45, 7) is 4.19. The molecule has 1 aliphatic carbocycles. The minimum Gasteiger partial charge on any atom is -0.489 e. The quantitative estimate of drug-likeness (QED) is 0.722. The van der Waals surface area contributed by atoms with Gasteiger partial charge in [0, 0.05) is 6.54 Å². The van der Waals surface area contributed by atoms with Crippen LogP contribution in [0.4, 0.5) is 0 Å². The second-order valence-corrected chi connectivity index (χ2v) is 7.97. The van der Waals surface area contributed by atoms with E-state index in [-0.39, 0.29) is 19.1 Å². The van der Waals surface area contributed by atoms with Gasteiger partial charge in [-0.3, -0.25) is 4.79 Å². The van der Waals surface area contributed by atoms with Gasteiger partial charge in [-0.25, -0.2) is 0 Å². The third-order valence-electron chi connectivity index (χ3n) is 4.80. The highest BCUT2D eigenvalue weighted by atomic mass is 35.5. The first-order valence-electron chi connectivity index (χ1n) is 8.94. The first-order chi connectivity index (χ1) is 12.8. The van der Waals surface area contributed by atoms with Crippen molar-refractivity contribution in [3.05, 3.63) is 63.1 Å². The summed E-state index contributed by atoms with van der Waals surface area (Å²) in [6.07, 6.45) is 0.804. The summed E-state index contributed by atoms with van der Waals surface area (Å²) in [5.74, 6) is 0.357. The number of carbonyl (C=O) groups is 1. The molecule has 0 aromatic heterocycles. The lowest BCUT2D eigenvalue weighted by atomic mass is 9.92. The lowest BCUT2D eigenvalue weighted by Crippen LogP contribution is -2.41. The zero-order chi connectivity index (χ0) is 19.6. The first-order valence-corrected chi connectivity index (χ1v) is 9.69. The fourth-order valence-electron chi connectivity index (χ4n) is 3.24. The normalized spacial score (nSPS) is 15.9. The second kappa shape index (κ2) is 8.09. The minimum absolute atomic E-state index is 0.0108. The Hall–Kier alpha value is -1.75. The predicted molar refractivity (Wildman–Crippen MR) is 108 cm³/mol. The van der Waals surface area contributed by atoms with Gasteiger partial charge >= 0.3 is 0 Å². The number of amides is 1. The fraction of sp³-hybridized carbons (Fsp3) is 0.381. The molecule has 144 valence electrons. The van der Waals surface area contributed by atoms with E-state index in [4.69, 9.17) is 27.9 Å². The summed E-state index contributed by atoms with van der Waals surface area (Å²) >= 11 is 12.0. The van der Waals surface area contributed by atoms with E-state index in [9.17, 15) is 9.90 Å². The number of carbonyl (C=O) groups excluding carboxylic acids is 1. The number of ether oxygens (including phenoxy) is 1. The van der Waals surface area contributed by atoms with Gasteiger partial charge < -0.3 is 15.2 Å². The molecule has 1 amide bonds. The third kappa shape index (κ3) is 4.57. The van der Waals surface area contributed by atoms with E-state index in [0.29, 0.717) is 15.8 Å². The SMILES string of the molecule is Cc1cc(C)cc(C2(C(=O)NCC(O)COc3cccc(Cl)c3Cl)CC2)c1. The number of hydrogen-bond acceptors (Lipinski definition) is 3. The number of nitrogens with one attached hydrogen (secondary N) is 1. The largest absolute Gasteiger partial charge is 0.489 e. The zero-order valence-electron chi connectivity index (χ0n) is 15.4. The van der Waals surface area contributed by atoms with Crippen LogP contribution in [-0.4, -0.2) is 30.3 Å². The highest BCUT2D eigenvalue weighted by Gasteiger charge is 2.51. The molecule has 6 heteroatoms. The van der Waals surface area contributed by atoms with Crippen LogP contribution in [0.1, 0.15) is 29.5 Å². The van der Waals surface area contributed by atoms with Gasteiger partial charge in [0.05, 0.1) is 10.4 Å². The van der Waals surface area contributed by atoms with Crippen molar-refractivity contribution in [2.24, 2.45) is 0 Å². The van der Waals surface area contributed by atoms with E-state index in [0.717, 1.165) is 29.5 Å². The molecule has 1 aliphatic rings. The minimum atomic E-state index is -0.848. The van der Waals surface area contributed by atoms with Gasteiger partial charge in [-0.15, -0.1) is 0 Å². The highest BCUT2D eigenvalue weighted by molar-refractivity contribution is 6.42. The molecule has 0 bridgehead atoms. The molecule has 2 aromatic carbocycles. The molecule has 27 heavy (non-hydrogen) atoms. The van der Waals surface area contributed by atoms with Crippen LogP contribution in [0.5, 0.6) is 5.75 Å². The molecule has 0 spiro atoms. The third-order valence-corrected chi connectivity index (χ3v) is 5.61. The van der Waals surface area contributed by atoms with Crippen molar-refractivity contribution in [3.8, 4) is 5.75 Å². The maximum atomic E-state index is 12.7. The van der Waals surface area contributed by atoms with Crippen molar-refractivity contribution >= 4 is 29.1 Å². The molecule has 1 fully saturated rings. The van der Waals surface area contributed by atoms with Crippen molar-refractivity contribution in [3.63, 3.8) is 0 Å². The van der Waals surface area contributed by atoms with Crippen LogP contribution in [0.25, 0.3) is 0 Å². The van der Waals surface area contributed by atoms with Crippen molar-refractivity contribution < 1.29 is 14.6 Å². The van der Waals surface area contributed by atoms with Gasteiger partial charge in [-0.1, -0.05) is 58.6 Å². The average molecular weight is 408 g/mol.